The lowest BCUT2D eigenvalue weighted by atomic mass is 9.93. The van der Waals surface area contributed by atoms with E-state index in [-0.39, 0.29) is 12.3 Å². The lowest BCUT2D eigenvalue weighted by molar-refractivity contribution is -0.137. The summed E-state index contributed by atoms with van der Waals surface area (Å²) in [6.07, 6.45) is 2.78. The minimum atomic E-state index is -0.762. The van der Waals surface area contributed by atoms with Crippen LogP contribution in [-0.2, 0) is 4.79 Å². The number of aromatic nitrogens is 1. The molecule has 0 radical (unpaired) electrons. The highest BCUT2D eigenvalue weighted by Gasteiger charge is 2.25. The van der Waals surface area contributed by atoms with Gasteiger partial charge in [0.25, 0.3) is 5.91 Å². The molecule has 24 heavy (non-hydrogen) atoms. The van der Waals surface area contributed by atoms with Gasteiger partial charge >= 0.3 is 5.97 Å². The van der Waals surface area contributed by atoms with E-state index in [2.05, 4.69) is 11.9 Å². The molecule has 5 nitrogen and oxygen atoms in total. The number of amides is 1. The number of likely N-dealkylation sites (tertiary alicyclic amines) is 1. The average Bonchev–Trinajstić information content (AvgIpc) is 2.86. The molecule has 2 aromatic rings. The molecule has 2 heterocycles. The second-order valence-corrected chi connectivity index (χ2v) is 6.83. The highest BCUT2D eigenvalue weighted by atomic mass is 16.4. The van der Waals surface area contributed by atoms with E-state index in [0.717, 1.165) is 36.0 Å². The predicted octanol–water partition coefficient (Wildman–Crippen LogP) is 3.50. The third-order valence-electron chi connectivity index (χ3n) is 5.13. The molecule has 0 saturated carbocycles. The van der Waals surface area contributed by atoms with E-state index in [9.17, 15) is 9.59 Å². The van der Waals surface area contributed by atoms with Crippen molar-refractivity contribution in [2.45, 2.75) is 39.5 Å². The number of nitrogens with one attached hydrogen (secondary N) is 1. The van der Waals surface area contributed by atoms with Gasteiger partial charge in [-0.15, -0.1) is 0 Å². The number of aryl methyl sites for hydroxylation is 2. The summed E-state index contributed by atoms with van der Waals surface area (Å²) in [5.41, 5.74) is 4.07. The van der Waals surface area contributed by atoms with Crippen molar-refractivity contribution >= 4 is 22.8 Å². The van der Waals surface area contributed by atoms with Crippen LogP contribution in [0.3, 0.4) is 0 Å². The number of carbonyl (C=O) groups is 2. The van der Waals surface area contributed by atoms with Crippen molar-refractivity contribution in [2.75, 3.05) is 13.1 Å². The molecule has 0 unspecified atom stereocenters. The Labute approximate surface area is 141 Å². The monoisotopic (exact) mass is 328 g/mol. The number of H-pyrrole nitrogens is 1. The van der Waals surface area contributed by atoms with Crippen LogP contribution in [0.5, 0.6) is 0 Å². The van der Waals surface area contributed by atoms with Crippen LogP contribution >= 0.6 is 0 Å². The minimum Gasteiger partial charge on any atom is -0.481 e. The molecule has 0 spiro atoms. The Balaban J connectivity index is 1.75. The zero-order valence-corrected chi connectivity index (χ0v) is 14.3. The van der Waals surface area contributed by atoms with Gasteiger partial charge < -0.3 is 15.0 Å². The zero-order valence-electron chi connectivity index (χ0n) is 14.3. The number of hydrogen-bond acceptors (Lipinski definition) is 2. The Morgan fingerprint density at radius 1 is 1.33 bits per heavy atom. The third-order valence-corrected chi connectivity index (χ3v) is 5.13. The third kappa shape index (κ3) is 3.30. The number of hydrogen-bond donors (Lipinski definition) is 2. The number of piperidine rings is 1. The fraction of sp³-hybridized carbons (Fsp3) is 0.474. The summed E-state index contributed by atoms with van der Waals surface area (Å²) in [6.45, 7) is 5.51. The van der Waals surface area contributed by atoms with Crippen molar-refractivity contribution in [1.29, 1.82) is 0 Å². The molecular weight excluding hydrogens is 304 g/mol. The van der Waals surface area contributed by atoms with Crippen molar-refractivity contribution in [1.82, 2.24) is 9.88 Å². The molecular formula is C19H24N2O3. The molecule has 1 amide bonds. The van der Waals surface area contributed by atoms with Gasteiger partial charge in [-0.2, -0.15) is 0 Å². The first-order chi connectivity index (χ1) is 11.5. The summed E-state index contributed by atoms with van der Waals surface area (Å²) in [5, 5.41) is 9.94. The van der Waals surface area contributed by atoms with Gasteiger partial charge in [-0.05, 0) is 62.8 Å². The lowest BCUT2D eigenvalue weighted by Crippen LogP contribution is -2.40. The van der Waals surface area contributed by atoms with Crippen LogP contribution in [0.2, 0.25) is 0 Å². The molecule has 3 rings (SSSR count). The van der Waals surface area contributed by atoms with Crippen LogP contribution in [0.1, 0.15) is 47.3 Å². The van der Waals surface area contributed by atoms with Crippen molar-refractivity contribution in [3.05, 3.63) is 35.0 Å². The van der Waals surface area contributed by atoms with Gasteiger partial charge in [0.2, 0.25) is 0 Å². The number of carbonyl (C=O) groups excluding carboxylic acids is 1. The summed E-state index contributed by atoms with van der Waals surface area (Å²) < 4.78 is 0. The summed E-state index contributed by atoms with van der Waals surface area (Å²) >= 11 is 0. The van der Waals surface area contributed by atoms with E-state index in [1.54, 1.807) is 0 Å². The average molecular weight is 328 g/mol. The molecule has 1 aromatic heterocycles. The summed E-state index contributed by atoms with van der Waals surface area (Å²) in [5.74, 6) is -0.420. The first kappa shape index (κ1) is 16.6. The summed E-state index contributed by atoms with van der Waals surface area (Å²) in [6, 6.07) is 5.81. The molecule has 0 aliphatic carbocycles. The van der Waals surface area contributed by atoms with Gasteiger partial charge in [-0.3, -0.25) is 9.59 Å². The highest BCUT2D eigenvalue weighted by Crippen LogP contribution is 2.25. The fourth-order valence-corrected chi connectivity index (χ4v) is 3.59. The van der Waals surface area contributed by atoms with Crippen LogP contribution < -0.4 is 0 Å². The van der Waals surface area contributed by atoms with E-state index >= 15 is 0 Å². The van der Waals surface area contributed by atoms with Gasteiger partial charge in [-0.25, -0.2) is 0 Å². The predicted molar refractivity (Wildman–Crippen MR) is 93.3 cm³/mol. The first-order valence-electron chi connectivity index (χ1n) is 8.55. The maximum absolute atomic E-state index is 12.8. The molecule has 128 valence electrons. The first-order valence-corrected chi connectivity index (χ1v) is 8.55. The zero-order chi connectivity index (χ0) is 17.3. The minimum absolute atomic E-state index is 0.0511. The Morgan fingerprint density at radius 3 is 2.88 bits per heavy atom. The van der Waals surface area contributed by atoms with E-state index in [0.29, 0.717) is 24.4 Å². The molecule has 1 fully saturated rings. The number of fused-ring (bicyclic) bond motifs is 1. The molecule has 1 aliphatic rings. The normalized spacial score (nSPS) is 18.1. The van der Waals surface area contributed by atoms with E-state index in [1.807, 2.05) is 30.0 Å². The fourth-order valence-electron chi connectivity index (χ4n) is 3.59. The molecule has 1 atom stereocenters. The number of benzene rings is 1. The standard InChI is InChI=1S/C19H24N2O3/c1-12-13(2)20-17-7-6-15(10-16(12)17)19(24)21-9-3-4-14(11-21)5-8-18(22)23/h6-7,10,14,20H,3-5,8-9,11H2,1-2H3,(H,22,23)/t14-/m0/s1. The second-order valence-electron chi connectivity index (χ2n) is 6.83. The van der Waals surface area contributed by atoms with Gasteiger partial charge in [0.1, 0.15) is 0 Å². The Morgan fingerprint density at radius 2 is 2.12 bits per heavy atom. The van der Waals surface area contributed by atoms with Gasteiger partial charge in [0, 0.05) is 41.7 Å². The van der Waals surface area contributed by atoms with E-state index in [1.165, 1.54) is 5.56 Å². The number of aromatic amines is 1. The van der Waals surface area contributed by atoms with Crippen LogP contribution in [0.15, 0.2) is 18.2 Å². The van der Waals surface area contributed by atoms with Crippen LogP contribution in [-0.4, -0.2) is 40.0 Å². The van der Waals surface area contributed by atoms with Gasteiger partial charge in [-0.1, -0.05) is 0 Å². The van der Waals surface area contributed by atoms with Gasteiger partial charge in [0.05, 0.1) is 0 Å². The topological polar surface area (TPSA) is 73.4 Å². The smallest absolute Gasteiger partial charge is 0.303 e. The number of nitrogens with zero attached hydrogens (tertiary/aromatic N) is 1. The molecule has 0 bridgehead atoms. The molecule has 5 heteroatoms. The van der Waals surface area contributed by atoms with E-state index in [4.69, 9.17) is 5.11 Å². The lowest BCUT2D eigenvalue weighted by Gasteiger charge is -2.32. The maximum Gasteiger partial charge on any atom is 0.303 e. The second kappa shape index (κ2) is 6.67. The van der Waals surface area contributed by atoms with Crippen molar-refractivity contribution in [3.63, 3.8) is 0 Å². The number of rotatable bonds is 4. The number of carboxylic acid groups (broad SMARTS) is 1. The molecule has 1 aliphatic heterocycles. The Kier molecular flexibility index (Phi) is 4.60. The number of carboxylic acids is 1. The highest BCUT2D eigenvalue weighted by molar-refractivity contribution is 5.99. The quantitative estimate of drug-likeness (QED) is 0.902. The van der Waals surface area contributed by atoms with Crippen molar-refractivity contribution in [3.8, 4) is 0 Å². The largest absolute Gasteiger partial charge is 0.481 e. The van der Waals surface area contributed by atoms with Crippen molar-refractivity contribution < 1.29 is 14.7 Å². The van der Waals surface area contributed by atoms with Crippen molar-refractivity contribution in [2.24, 2.45) is 5.92 Å². The SMILES string of the molecule is Cc1[nH]c2ccc(C(=O)N3CCC[C@@H](CCC(=O)O)C3)cc2c1C. The maximum atomic E-state index is 12.8. The van der Waals surface area contributed by atoms with E-state index < -0.39 is 5.97 Å². The number of aliphatic carboxylic acids is 1. The Bertz CT molecular complexity index is 778. The van der Waals surface area contributed by atoms with Gasteiger partial charge in [0.15, 0.2) is 0 Å². The molecule has 1 saturated heterocycles. The summed E-state index contributed by atoms with van der Waals surface area (Å²) in [7, 11) is 0. The van der Waals surface area contributed by atoms with Crippen LogP contribution in [0, 0.1) is 19.8 Å². The van der Waals surface area contributed by atoms with Crippen LogP contribution in [0.4, 0.5) is 0 Å². The van der Waals surface area contributed by atoms with Crippen LogP contribution in [0.25, 0.3) is 10.9 Å². The molecule has 1 aromatic carbocycles. The Hall–Kier alpha value is -2.30. The summed E-state index contributed by atoms with van der Waals surface area (Å²) in [4.78, 5) is 28.8. The molecule has 2 N–H and O–H groups in total.